The van der Waals surface area contributed by atoms with Crippen LogP contribution in [0.25, 0.3) is 0 Å². The molecule has 1 fully saturated rings. The van der Waals surface area contributed by atoms with Crippen LogP contribution in [-0.4, -0.2) is 5.66 Å². The molecule has 1 radical (unpaired) electrons. The van der Waals surface area contributed by atoms with E-state index in [4.69, 9.17) is 0 Å². The van der Waals surface area contributed by atoms with Gasteiger partial charge < -0.3 is 0 Å². The Hall–Kier alpha value is -0.507. The number of hydrogen-bond acceptors (Lipinski definition) is 0. The minimum Gasteiger partial charge on any atom is -0.0620 e. The normalized spacial score (nSPS) is 15.8. The van der Waals surface area contributed by atoms with E-state index < -0.39 is 7.92 Å². The van der Waals surface area contributed by atoms with E-state index in [0.717, 1.165) is 5.66 Å². The Kier molecular flexibility index (Phi) is 6.40. The second kappa shape index (κ2) is 8.06. The van der Waals surface area contributed by atoms with Gasteiger partial charge in [0, 0.05) is 19.5 Å². The maximum atomic E-state index is 2.34. The van der Waals surface area contributed by atoms with E-state index in [1.165, 1.54) is 32.1 Å². The molecular formula is C18H22PRh+. The molecule has 1 aliphatic carbocycles. The minimum absolute atomic E-state index is 0. The Morgan fingerprint density at radius 3 is 1.55 bits per heavy atom. The standard InChI is InChI=1S/C18H21P.Rh/c1-4-10-16(11-5-1)19(17-12-6-2-7-13-17)18-14-8-3-9-15-18;/h1-2,4-7,10-13,18H,3,8-9,14-15H2;/p+1. The van der Waals surface area contributed by atoms with Crippen molar-refractivity contribution in [3.63, 3.8) is 0 Å². The minimum atomic E-state index is -0.600. The van der Waals surface area contributed by atoms with Crippen molar-refractivity contribution in [3.05, 3.63) is 60.7 Å². The molecule has 0 nitrogen and oxygen atoms in total. The number of hydrogen-bond donors (Lipinski definition) is 0. The number of benzene rings is 2. The molecule has 3 rings (SSSR count). The molecule has 2 aromatic rings. The molecule has 20 heavy (non-hydrogen) atoms. The van der Waals surface area contributed by atoms with Gasteiger partial charge in [0.05, 0.1) is 24.2 Å². The van der Waals surface area contributed by atoms with Crippen molar-refractivity contribution < 1.29 is 19.5 Å². The number of rotatable bonds is 3. The maximum Gasteiger partial charge on any atom is 0.0969 e. The van der Waals surface area contributed by atoms with Crippen LogP contribution in [0, 0.1) is 0 Å². The van der Waals surface area contributed by atoms with Gasteiger partial charge in [-0.15, -0.1) is 0 Å². The van der Waals surface area contributed by atoms with Gasteiger partial charge in [-0.25, -0.2) is 0 Å². The van der Waals surface area contributed by atoms with E-state index in [-0.39, 0.29) is 19.5 Å². The van der Waals surface area contributed by atoms with Crippen LogP contribution in [0.4, 0.5) is 0 Å². The molecule has 0 amide bonds. The van der Waals surface area contributed by atoms with Crippen molar-refractivity contribution in [1.82, 2.24) is 0 Å². The van der Waals surface area contributed by atoms with E-state index >= 15 is 0 Å². The summed E-state index contributed by atoms with van der Waals surface area (Å²) in [6, 6.07) is 22.4. The van der Waals surface area contributed by atoms with Gasteiger partial charge in [0.25, 0.3) is 0 Å². The summed E-state index contributed by atoms with van der Waals surface area (Å²) in [5.74, 6) is 0. The van der Waals surface area contributed by atoms with Crippen LogP contribution >= 0.6 is 7.92 Å². The quantitative estimate of drug-likeness (QED) is 0.560. The molecule has 0 saturated heterocycles. The average Bonchev–Trinajstić information content (AvgIpc) is 2.51. The third-order valence-electron chi connectivity index (χ3n) is 4.18. The van der Waals surface area contributed by atoms with E-state index in [2.05, 4.69) is 60.7 Å². The van der Waals surface area contributed by atoms with Gasteiger partial charge in [-0.3, -0.25) is 0 Å². The Morgan fingerprint density at radius 2 is 1.10 bits per heavy atom. The summed E-state index contributed by atoms with van der Waals surface area (Å²) in [6.07, 6.45) is 7.16. The van der Waals surface area contributed by atoms with Crippen molar-refractivity contribution in [2.45, 2.75) is 37.8 Å². The zero-order valence-electron chi connectivity index (χ0n) is 11.7. The molecule has 0 bridgehead atoms. The van der Waals surface area contributed by atoms with Crippen molar-refractivity contribution in [3.8, 4) is 0 Å². The van der Waals surface area contributed by atoms with Crippen molar-refractivity contribution >= 4 is 18.5 Å². The van der Waals surface area contributed by atoms with Gasteiger partial charge in [-0.1, -0.05) is 42.8 Å². The van der Waals surface area contributed by atoms with Crippen LogP contribution in [0.2, 0.25) is 0 Å². The largest absolute Gasteiger partial charge is 0.0969 e. The second-order valence-electron chi connectivity index (χ2n) is 5.48. The fourth-order valence-corrected chi connectivity index (χ4v) is 6.63. The van der Waals surface area contributed by atoms with Gasteiger partial charge in [-0.2, -0.15) is 0 Å². The molecule has 2 heteroatoms. The molecule has 0 N–H and O–H groups in total. The summed E-state index contributed by atoms with van der Waals surface area (Å²) >= 11 is 0. The molecule has 1 aliphatic rings. The summed E-state index contributed by atoms with van der Waals surface area (Å²) in [7, 11) is -0.600. The van der Waals surface area contributed by atoms with E-state index in [1.807, 2.05) is 0 Å². The molecule has 0 aliphatic heterocycles. The first kappa shape index (κ1) is 15.9. The SMILES string of the molecule is [Rh].c1ccc([PH+](c2ccccc2)C2CCCCC2)cc1. The topological polar surface area (TPSA) is 0 Å². The zero-order valence-corrected chi connectivity index (χ0v) is 14.4. The average molecular weight is 372 g/mol. The predicted octanol–water partition coefficient (Wildman–Crippen LogP) is 4.18. The molecule has 2 aromatic carbocycles. The first-order valence-corrected chi connectivity index (χ1v) is 9.00. The smallest absolute Gasteiger partial charge is 0.0620 e. The monoisotopic (exact) mass is 372 g/mol. The maximum absolute atomic E-state index is 2.34. The van der Waals surface area contributed by atoms with Gasteiger partial charge in [0.15, 0.2) is 0 Å². The summed E-state index contributed by atoms with van der Waals surface area (Å²) in [6.45, 7) is 0. The molecule has 0 atom stereocenters. The molecule has 1 saturated carbocycles. The third kappa shape index (κ3) is 3.78. The van der Waals surface area contributed by atoms with Gasteiger partial charge >= 0.3 is 0 Å². The fraction of sp³-hybridized carbons (Fsp3) is 0.333. The fourth-order valence-electron chi connectivity index (χ4n) is 3.26. The molecule has 0 aromatic heterocycles. The zero-order chi connectivity index (χ0) is 12.9. The molecule has 107 valence electrons. The first-order chi connectivity index (χ1) is 9.45. The predicted molar refractivity (Wildman–Crippen MR) is 87.3 cm³/mol. The molecular weight excluding hydrogens is 350 g/mol. The Balaban J connectivity index is 0.00000147. The van der Waals surface area contributed by atoms with Crippen LogP contribution in [-0.2, 0) is 19.5 Å². The van der Waals surface area contributed by atoms with Crippen LogP contribution in [0.1, 0.15) is 32.1 Å². The third-order valence-corrected chi connectivity index (χ3v) is 7.49. The molecule has 0 spiro atoms. The second-order valence-corrected chi connectivity index (χ2v) is 8.28. The Bertz CT molecular complexity index is 452. The van der Waals surface area contributed by atoms with Crippen LogP contribution < -0.4 is 10.6 Å². The van der Waals surface area contributed by atoms with E-state index in [9.17, 15) is 0 Å². The van der Waals surface area contributed by atoms with Crippen LogP contribution in [0.15, 0.2) is 60.7 Å². The van der Waals surface area contributed by atoms with E-state index in [1.54, 1.807) is 10.6 Å². The van der Waals surface area contributed by atoms with Gasteiger partial charge in [0.1, 0.15) is 0 Å². The summed E-state index contributed by atoms with van der Waals surface area (Å²) in [4.78, 5) is 0. The molecule has 0 heterocycles. The summed E-state index contributed by atoms with van der Waals surface area (Å²) < 4.78 is 0. The van der Waals surface area contributed by atoms with Crippen molar-refractivity contribution in [1.29, 1.82) is 0 Å². The summed E-state index contributed by atoms with van der Waals surface area (Å²) in [5, 5.41) is 3.18. The Labute approximate surface area is 136 Å². The Morgan fingerprint density at radius 1 is 0.650 bits per heavy atom. The van der Waals surface area contributed by atoms with E-state index in [0.29, 0.717) is 0 Å². The van der Waals surface area contributed by atoms with Crippen LogP contribution in [0.3, 0.4) is 0 Å². The van der Waals surface area contributed by atoms with Gasteiger partial charge in [-0.05, 0) is 49.9 Å². The summed E-state index contributed by atoms with van der Waals surface area (Å²) in [5.41, 5.74) is 0.920. The first-order valence-electron chi connectivity index (χ1n) is 7.43. The van der Waals surface area contributed by atoms with Gasteiger partial charge in [0.2, 0.25) is 0 Å². The van der Waals surface area contributed by atoms with Crippen molar-refractivity contribution in [2.75, 3.05) is 0 Å². The van der Waals surface area contributed by atoms with Crippen molar-refractivity contribution in [2.24, 2.45) is 0 Å². The molecule has 0 unspecified atom stereocenters. The van der Waals surface area contributed by atoms with Crippen LogP contribution in [0.5, 0.6) is 0 Å².